The van der Waals surface area contributed by atoms with Crippen LogP contribution in [0.4, 0.5) is 0 Å². The van der Waals surface area contributed by atoms with Gasteiger partial charge in [-0.3, -0.25) is 0 Å². The highest BCUT2D eigenvalue weighted by Gasteiger charge is 2.36. The first-order chi connectivity index (χ1) is 5.27. The molecule has 0 aromatic heterocycles. The van der Waals surface area contributed by atoms with Crippen molar-refractivity contribution in [2.75, 3.05) is 6.61 Å². The third kappa shape index (κ3) is 1.21. The Hall–Kier alpha value is -0.340. The van der Waals surface area contributed by atoms with Crippen molar-refractivity contribution in [3.8, 4) is 0 Å². The molecule has 2 heteroatoms. The molecule has 0 aromatic rings. The van der Waals surface area contributed by atoms with Crippen LogP contribution in [0.2, 0.25) is 0 Å². The topological polar surface area (TPSA) is 29.5 Å². The summed E-state index contributed by atoms with van der Waals surface area (Å²) in [5.74, 6) is 0.952. The highest BCUT2D eigenvalue weighted by atomic mass is 16.6. The Morgan fingerprint density at radius 3 is 3.27 bits per heavy atom. The molecule has 1 aliphatic carbocycles. The van der Waals surface area contributed by atoms with Crippen molar-refractivity contribution in [1.82, 2.24) is 0 Å². The quantitative estimate of drug-likeness (QED) is 0.533. The smallest absolute Gasteiger partial charge is 0.158 e. The van der Waals surface area contributed by atoms with Gasteiger partial charge in [0.2, 0.25) is 0 Å². The van der Waals surface area contributed by atoms with Crippen LogP contribution in [0, 0.1) is 11.8 Å². The third-order valence-corrected chi connectivity index (χ3v) is 2.78. The van der Waals surface area contributed by atoms with Crippen LogP contribution in [0.5, 0.6) is 0 Å². The minimum absolute atomic E-state index is 0.374. The van der Waals surface area contributed by atoms with Gasteiger partial charge in [-0.15, -0.1) is 0 Å². The molecule has 0 radical (unpaired) electrons. The van der Waals surface area contributed by atoms with Gasteiger partial charge in [0.25, 0.3) is 0 Å². The zero-order chi connectivity index (χ0) is 7.84. The fraction of sp³-hybridized carbons (Fsp3) is 0.778. The molecule has 2 nitrogen and oxygen atoms in total. The van der Waals surface area contributed by atoms with Crippen LogP contribution in [-0.2, 0) is 4.74 Å². The molecular formula is C9H14O2. The average Bonchev–Trinajstić information content (AvgIpc) is 2.32. The lowest BCUT2D eigenvalue weighted by atomic mass is 9.82. The largest absolute Gasteiger partial charge is 0.368 e. The number of ether oxygens (including phenoxy) is 1. The Kier molecular flexibility index (Phi) is 1.74. The molecule has 3 atom stereocenters. The minimum Gasteiger partial charge on any atom is -0.368 e. The summed E-state index contributed by atoms with van der Waals surface area (Å²) in [4.78, 5) is 0. The predicted molar refractivity (Wildman–Crippen MR) is 41.9 cm³/mol. The predicted octanol–water partition coefficient (Wildman–Crippen LogP) is 1.31. The number of aliphatic hydroxyl groups excluding tert-OH is 1. The second kappa shape index (κ2) is 2.61. The summed E-state index contributed by atoms with van der Waals surface area (Å²) < 4.78 is 5.17. The first-order valence-corrected chi connectivity index (χ1v) is 4.22. The Balaban J connectivity index is 2.11. The zero-order valence-corrected chi connectivity index (χ0v) is 6.79. The van der Waals surface area contributed by atoms with Crippen molar-refractivity contribution in [3.05, 3.63) is 11.6 Å². The highest BCUT2D eigenvalue weighted by molar-refractivity contribution is 5.07. The summed E-state index contributed by atoms with van der Waals surface area (Å²) in [6.45, 7) is 2.90. The Morgan fingerprint density at radius 2 is 2.45 bits per heavy atom. The second-order valence-corrected chi connectivity index (χ2v) is 3.64. The maximum Gasteiger partial charge on any atom is 0.158 e. The van der Waals surface area contributed by atoms with Crippen molar-refractivity contribution in [1.29, 1.82) is 0 Å². The van der Waals surface area contributed by atoms with Crippen molar-refractivity contribution < 1.29 is 9.84 Å². The van der Waals surface area contributed by atoms with Crippen LogP contribution in [0.25, 0.3) is 0 Å². The van der Waals surface area contributed by atoms with Gasteiger partial charge < -0.3 is 9.84 Å². The third-order valence-electron chi connectivity index (χ3n) is 2.78. The van der Waals surface area contributed by atoms with Gasteiger partial charge in [0.05, 0.1) is 6.61 Å². The number of fused-ring (bicyclic) bond motifs is 1. The SMILES string of the molecule is CC1=CCC2C(COC2O)C1. The van der Waals surface area contributed by atoms with E-state index in [2.05, 4.69) is 13.0 Å². The lowest BCUT2D eigenvalue weighted by molar-refractivity contribution is -0.0817. The molecule has 0 bridgehead atoms. The Labute approximate surface area is 66.9 Å². The molecule has 1 aliphatic heterocycles. The number of hydrogen-bond donors (Lipinski definition) is 1. The maximum absolute atomic E-state index is 9.36. The highest BCUT2D eigenvalue weighted by Crippen LogP contribution is 2.37. The lowest BCUT2D eigenvalue weighted by Crippen LogP contribution is -2.22. The summed E-state index contributed by atoms with van der Waals surface area (Å²) in [5.41, 5.74) is 1.45. The normalized spacial score (nSPS) is 43.5. The van der Waals surface area contributed by atoms with Crippen molar-refractivity contribution in [3.63, 3.8) is 0 Å². The van der Waals surface area contributed by atoms with Gasteiger partial charge in [0.1, 0.15) is 0 Å². The van der Waals surface area contributed by atoms with Crippen LogP contribution in [0.1, 0.15) is 19.8 Å². The Bertz CT molecular complexity index is 186. The molecule has 0 spiro atoms. The summed E-state index contributed by atoms with van der Waals surface area (Å²) in [6.07, 6.45) is 3.84. The van der Waals surface area contributed by atoms with E-state index >= 15 is 0 Å². The minimum atomic E-state index is -0.496. The molecule has 2 rings (SSSR count). The summed E-state index contributed by atoms with van der Waals surface area (Å²) in [7, 11) is 0. The van der Waals surface area contributed by atoms with Crippen LogP contribution < -0.4 is 0 Å². The van der Waals surface area contributed by atoms with Gasteiger partial charge in [0, 0.05) is 5.92 Å². The molecule has 1 fully saturated rings. The second-order valence-electron chi connectivity index (χ2n) is 3.64. The monoisotopic (exact) mass is 154 g/mol. The zero-order valence-electron chi connectivity index (χ0n) is 6.79. The van der Waals surface area contributed by atoms with Crippen LogP contribution in [0.15, 0.2) is 11.6 Å². The van der Waals surface area contributed by atoms with Gasteiger partial charge >= 0.3 is 0 Å². The van der Waals surface area contributed by atoms with Crippen molar-refractivity contribution in [2.45, 2.75) is 26.1 Å². The molecule has 11 heavy (non-hydrogen) atoms. The van der Waals surface area contributed by atoms with Crippen LogP contribution >= 0.6 is 0 Å². The number of allylic oxidation sites excluding steroid dienone is 2. The van der Waals surface area contributed by atoms with E-state index in [0.29, 0.717) is 11.8 Å². The molecule has 3 unspecified atom stereocenters. The van der Waals surface area contributed by atoms with E-state index in [0.717, 1.165) is 19.4 Å². The average molecular weight is 154 g/mol. The van der Waals surface area contributed by atoms with E-state index in [4.69, 9.17) is 4.74 Å². The molecule has 62 valence electrons. The molecule has 0 saturated carbocycles. The first-order valence-electron chi connectivity index (χ1n) is 4.22. The van der Waals surface area contributed by atoms with Gasteiger partial charge in [-0.1, -0.05) is 11.6 Å². The van der Waals surface area contributed by atoms with Gasteiger partial charge in [-0.05, 0) is 25.7 Å². The van der Waals surface area contributed by atoms with Crippen LogP contribution in [0.3, 0.4) is 0 Å². The van der Waals surface area contributed by atoms with Crippen molar-refractivity contribution in [2.24, 2.45) is 11.8 Å². The molecule has 1 N–H and O–H groups in total. The Morgan fingerprint density at radius 1 is 1.64 bits per heavy atom. The van der Waals surface area contributed by atoms with E-state index in [-0.39, 0.29) is 0 Å². The lowest BCUT2D eigenvalue weighted by Gasteiger charge is -2.23. The van der Waals surface area contributed by atoms with Crippen LogP contribution in [-0.4, -0.2) is 18.0 Å². The van der Waals surface area contributed by atoms with E-state index in [1.165, 1.54) is 5.57 Å². The molecule has 0 aromatic carbocycles. The van der Waals surface area contributed by atoms with E-state index < -0.39 is 6.29 Å². The number of hydrogen-bond acceptors (Lipinski definition) is 2. The summed E-state index contributed by atoms with van der Waals surface area (Å²) >= 11 is 0. The summed E-state index contributed by atoms with van der Waals surface area (Å²) in [6, 6.07) is 0. The number of rotatable bonds is 0. The van der Waals surface area contributed by atoms with E-state index in [9.17, 15) is 5.11 Å². The van der Waals surface area contributed by atoms with E-state index in [1.54, 1.807) is 0 Å². The molecule has 0 amide bonds. The van der Waals surface area contributed by atoms with E-state index in [1.807, 2.05) is 0 Å². The first kappa shape index (κ1) is 7.32. The van der Waals surface area contributed by atoms with Crippen molar-refractivity contribution >= 4 is 0 Å². The molecule has 1 heterocycles. The van der Waals surface area contributed by atoms with Gasteiger partial charge in [-0.2, -0.15) is 0 Å². The molecular weight excluding hydrogens is 140 g/mol. The molecule has 1 saturated heterocycles. The standard InChI is InChI=1S/C9H14O2/c1-6-2-3-8-7(4-6)5-11-9(8)10/h2,7-10H,3-5H2,1H3. The maximum atomic E-state index is 9.36. The summed E-state index contributed by atoms with van der Waals surface area (Å²) in [5, 5.41) is 9.36. The fourth-order valence-corrected chi connectivity index (χ4v) is 2.06. The van der Waals surface area contributed by atoms with Gasteiger partial charge in [0.15, 0.2) is 6.29 Å². The fourth-order valence-electron chi connectivity index (χ4n) is 2.06. The number of aliphatic hydroxyl groups is 1. The molecule has 2 aliphatic rings. The van der Waals surface area contributed by atoms with Gasteiger partial charge in [-0.25, -0.2) is 0 Å².